The highest BCUT2D eigenvalue weighted by atomic mass is 15.3. The van der Waals surface area contributed by atoms with Gasteiger partial charge in [0.05, 0.1) is 5.66 Å². The van der Waals surface area contributed by atoms with Gasteiger partial charge in [0.2, 0.25) is 0 Å². The fourth-order valence-corrected chi connectivity index (χ4v) is 2.51. The molecule has 0 aliphatic heterocycles. The van der Waals surface area contributed by atoms with Crippen LogP contribution in [0.25, 0.3) is 0 Å². The average Bonchev–Trinajstić information content (AvgIpc) is 2.28. The normalized spacial score (nSPS) is 14.8. The second kappa shape index (κ2) is 6.91. The van der Waals surface area contributed by atoms with E-state index in [9.17, 15) is 0 Å². The fourth-order valence-electron chi connectivity index (χ4n) is 2.51. The van der Waals surface area contributed by atoms with E-state index in [1.165, 1.54) is 11.1 Å². The zero-order chi connectivity index (χ0) is 13.6. The molecule has 2 heteroatoms. The second-order valence-electron chi connectivity index (χ2n) is 5.51. The molecule has 1 aromatic rings. The van der Waals surface area contributed by atoms with Gasteiger partial charge in [0.15, 0.2) is 0 Å². The quantitative estimate of drug-likeness (QED) is 0.750. The highest BCUT2D eigenvalue weighted by Gasteiger charge is 2.26. The third kappa shape index (κ3) is 4.43. The Labute approximate surface area is 112 Å². The maximum Gasteiger partial charge on any atom is 0.0699 e. The molecule has 0 saturated heterocycles. The molecule has 0 amide bonds. The third-order valence-corrected chi connectivity index (χ3v) is 3.35. The number of nitrogens with zero attached hydrogens (tertiary/aromatic N) is 1. The van der Waals surface area contributed by atoms with Crippen molar-refractivity contribution in [1.29, 1.82) is 0 Å². The summed E-state index contributed by atoms with van der Waals surface area (Å²) in [4.78, 5) is 2.41. The van der Waals surface area contributed by atoms with Gasteiger partial charge in [-0.1, -0.05) is 43.7 Å². The van der Waals surface area contributed by atoms with Crippen LogP contribution in [0.3, 0.4) is 0 Å². The zero-order valence-electron chi connectivity index (χ0n) is 12.4. The largest absolute Gasteiger partial charge is 0.313 e. The molecular formula is C16H28N2. The molecule has 0 spiro atoms. The number of benzene rings is 1. The van der Waals surface area contributed by atoms with Crippen molar-refractivity contribution in [3.63, 3.8) is 0 Å². The van der Waals surface area contributed by atoms with Crippen LogP contribution in [0, 0.1) is 6.92 Å². The first kappa shape index (κ1) is 15.2. The van der Waals surface area contributed by atoms with Gasteiger partial charge in [-0.25, -0.2) is 0 Å². The topological polar surface area (TPSA) is 29.3 Å². The molecule has 18 heavy (non-hydrogen) atoms. The Kier molecular flexibility index (Phi) is 5.83. The lowest BCUT2D eigenvalue weighted by molar-refractivity contribution is 0.108. The van der Waals surface area contributed by atoms with Gasteiger partial charge < -0.3 is 5.73 Å². The molecular weight excluding hydrogens is 220 g/mol. The Morgan fingerprint density at radius 3 is 2.28 bits per heavy atom. The molecule has 102 valence electrons. The molecule has 0 aliphatic rings. The van der Waals surface area contributed by atoms with Gasteiger partial charge in [0, 0.05) is 6.42 Å². The first-order valence-electron chi connectivity index (χ1n) is 7.09. The lowest BCUT2D eigenvalue weighted by atomic mass is 9.98. The molecule has 0 aromatic heterocycles. The Balaban J connectivity index is 2.77. The minimum Gasteiger partial charge on any atom is -0.313 e. The molecule has 0 saturated carbocycles. The Bertz CT molecular complexity index is 352. The summed E-state index contributed by atoms with van der Waals surface area (Å²) in [5, 5.41) is 0. The van der Waals surface area contributed by atoms with Gasteiger partial charge in [-0.3, -0.25) is 4.90 Å². The summed E-state index contributed by atoms with van der Waals surface area (Å²) in [5.41, 5.74) is 8.93. The van der Waals surface area contributed by atoms with E-state index < -0.39 is 0 Å². The van der Waals surface area contributed by atoms with Gasteiger partial charge >= 0.3 is 0 Å². The zero-order valence-corrected chi connectivity index (χ0v) is 12.4. The summed E-state index contributed by atoms with van der Waals surface area (Å²) in [6.07, 6.45) is 3.22. The van der Waals surface area contributed by atoms with Crippen LogP contribution in [0.1, 0.15) is 44.7 Å². The maximum absolute atomic E-state index is 6.54. The van der Waals surface area contributed by atoms with Crippen LogP contribution in [0.5, 0.6) is 0 Å². The lowest BCUT2D eigenvalue weighted by Crippen LogP contribution is -2.55. The predicted octanol–water partition coefficient (Wildman–Crippen LogP) is 3.33. The highest BCUT2D eigenvalue weighted by Crippen LogP contribution is 2.17. The minimum absolute atomic E-state index is 0.250. The SMILES string of the molecule is CCCN(CCC)C(C)(N)Cc1cccc(C)c1. The molecule has 2 N–H and O–H groups in total. The van der Waals surface area contributed by atoms with Crippen LogP contribution in [-0.2, 0) is 6.42 Å². The summed E-state index contributed by atoms with van der Waals surface area (Å²) in [6.45, 7) is 10.9. The number of hydrogen-bond donors (Lipinski definition) is 1. The van der Waals surface area contributed by atoms with Crippen molar-refractivity contribution in [2.24, 2.45) is 5.73 Å². The molecule has 0 radical (unpaired) electrons. The third-order valence-electron chi connectivity index (χ3n) is 3.35. The second-order valence-corrected chi connectivity index (χ2v) is 5.51. The van der Waals surface area contributed by atoms with Gasteiger partial charge in [-0.2, -0.15) is 0 Å². The molecule has 0 bridgehead atoms. The van der Waals surface area contributed by atoms with Gasteiger partial charge in [-0.15, -0.1) is 0 Å². The van der Waals surface area contributed by atoms with Crippen molar-refractivity contribution >= 4 is 0 Å². The Morgan fingerprint density at radius 2 is 1.78 bits per heavy atom. The van der Waals surface area contributed by atoms with E-state index in [2.05, 4.69) is 56.9 Å². The number of hydrogen-bond acceptors (Lipinski definition) is 2. The van der Waals surface area contributed by atoms with Crippen molar-refractivity contribution in [3.8, 4) is 0 Å². The van der Waals surface area contributed by atoms with Crippen molar-refractivity contribution in [2.45, 2.75) is 52.6 Å². The highest BCUT2D eigenvalue weighted by molar-refractivity contribution is 5.23. The van der Waals surface area contributed by atoms with Crippen molar-refractivity contribution in [1.82, 2.24) is 4.90 Å². The Hall–Kier alpha value is -0.860. The number of nitrogens with two attached hydrogens (primary N) is 1. The van der Waals surface area contributed by atoms with Gasteiger partial charge in [0.1, 0.15) is 0 Å². The van der Waals surface area contributed by atoms with E-state index in [1.54, 1.807) is 0 Å². The summed E-state index contributed by atoms with van der Waals surface area (Å²) in [7, 11) is 0. The van der Waals surface area contributed by atoms with Crippen molar-refractivity contribution in [3.05, 3.63) is 35.4 Å². The van der Waals surface area contributed by atoms with E-state index in [-0.39, 0.29) is 5.66 Å². The standard InChI is InChI=1S/C16H28N2/c1-5-10-18(11-6-2)16(4,17)13-15-9-7-8-14(3)12-15/h7-9,12H,5-6,10-11,13,17H2,1-4H3. The summed E-state index contributed by atoms with van der Waals surface area (Å²) in [6, 6.07) is 8.66. The first-order chi connectivity index (χ1) is 8.49. The van der Waals surface area contributed by atoms with Crippen LogP contribution in [0.15, 0.2) is 24.3 Å². The average molecular weight is 248 g/mol. The fraction of sp³-hybridized carbons (Fsp3) is 0.625. The van der Waals surface area contributed by atoms with Gasteiger partial charge in [0.25, 0.3) is 0 Å². The summed E-state index contributed by atoms with van der Waals surface area (Å²) < 4.78 is 0. The van der Waals surface area contributed by atoms with E-state index in [1.807, 2.05) is 0 Å². The van der Waals surface area contributed by atoms with E-state index in [0.29, 0.717) is 0 Å². The van der Waals surface area contributed by atoms with Crippen molar-refractivity contribution in [2.75, 3.05) is 13.1 Å². The smallest absolute Gasteiger partial charge is 0.0699 e. The van der Waals surface area contributed by atoms with E-state index >= 15 is 0 Å². The van der Waals surface area contributed by atoms with Crippen molar-refractivity contribution < 1.29 is 0 Å². The van der Waals surface area contributed by atoms with Crippen LogP contribution in [0.4, 0.5) is 0 Å². The summed E-state index contributed by atoms with van der Waals surface area (Å²) >= 11 is 0. The van der Waals surface area contributed by atoms with Crippen LogP contribution in [0.2, 0.25) is 0 Å². The molecule has 1 unspecified atom stereocenters. The van der Waals surface area contributed by atoms with Crippen LogP contribution < -0.4 is 5.73 Å². The lowest BCUT2D eigenvalue weighted by Gasteiger charge is -2.38. The van der Waals surface area contributed by atoms with Crippen LogP contribution in [-0.4, -0.2) is 23.7 Å². The number of aryl methyl sites for hydroxylation is 1. The molecule has 0 fully saturated rings. The molecule has 1 atom stereocenters. The molecule has 0 heterocycles. The Morgan fingerprint density at radius 1 is 1.17 bits per heavy atom. The maximum atomic E-state index is 6.54. The first-order valence-corrected chi connectivity index (χ1v) is 7.09. The molecule has 1 rings (SSSR count). The van der Waals surface area contributed by atoms with E-state index in [4.69, 9.17) is 5.73 Å². The predicted molar refractivity (Wildman–Crippen MR) is 79.6 cm³/mol. The minimum atomic E-state index is -0.250. The van der Waals surface area contributed by atoms with Gasteiger partial charge in [-0.05, 0) is 45.3 Å². The molecule has 1 aromatic carbocycles. The van der Waals surface area contributed by atoms with E-state index in [0.717, 1.165) is 32.4 Å². The monoisotopic (exact) mass is 248 g/mol. The number of rotatable bonds is 7. The van der Waals surface area contributed by atoms with Crippen LogP contribution >= 0.6 is 0 Å². The molecule has 0 aliphatic carbocycles. The summed E-state index contributed by atoms with van der Waals surface area (Å²) in [5.74, 6) is 0. The molecule has 2 nitrogen and oxygen atoms in total.